The number of ether oxygens (including phenoxy) is 1. The van der Waals surface area contributed by atoms with E-state index < -0.39 is 44.5 Å². The number of anilines is 2. The molecule has 0 amide bonds. The highest BCUT2D eigenvalue weighted by Crippen LogP contribution is 2.86. The lowest BCUT2D eigenvalue weighted by Gasteiger charge is -3.13. The van der Waals surface area contributed by atoms with Crippen LogP contribution in [0.2, 0.25) is 0 Å². The topological polar surface area (TPSA) is 117 Å². The van der Waals surface area contributed by atoms with Crippen LogP contribution in [0.15, 0.2) is 42.5 Å². The molecular weight excluding hydrogens is 418 g/mol. The third-order valence-electron chi connectivity index (χ3n) is 4.29. The Morgan fingerprint density at radius 2 is 1.75 bits per heavy atom. The minimum absolute atomic E-state index is 0. The maximum atomic E-state index is 14.4. The first kappa shape index (κ1) is 22.6. The number of nitrogens with one attached hydrogen (secondary N) is 1. The molecule has 1 N–H and O–H groups in total. The normalized spacial score (nSPS) is 23.7. The van der Waals surface area contributed by atoms with Crippen molar-refractivity contribution in [2.75, 3.05) is 17.9 Å². The molecule has 1 unspecified atom stereocenters. The number of halogens is 3. The van der Waals surface area contributed by atoms with Gasteiger partial charge in [-0.25, -0.2) is 8.78 Å². The van der Waals surface area contributed by atoms with Gasteiger partial charge in [0, 0.05) is 6.07 Å². The summed E-state index contributed by atoms with van der Waals surface area (Å²) in [4.78, 5) is 0. The average Bonchev–Trinajstić information content (AvgIpc) is 2.56. The Morgan fingerprint density at radius 3 is 2.39 bits per heavy atom. The van der Waals surface area contributed by atoms with Gasteiger partial charge in [0.05, 0.1) is 16.8 Å². The van der Waals surface area contributed by atoms with Crippen LogP contribution in [0.4, 0.5) is 20.2 Å². The lowest BCUT2D eigenvalue weighted by molar-refractivity contribution is 0.0886. The number of benzene rings is 2. The molecule has 0 spiro atoms. The number of para-hydroxylation sites is 1. The van der Waals surface area contributed by atoms with Gasteiger partial charge in [-0.1, -0.05) is 12.1 Å². The third-order valence-corrected chi connectivity index (χ3v) is 6.91. The van der Waals surface area contributed by atoms with E-state index in [9.17, 15) is 27.0 Å². The molecule has 1 heterocycles. The Morgan fingerprint density at radius 1 is 1.07 bits per heavy atom. The summed E-state index contributed by atoms with van der Waals surface area (Å²) in [6.07, 6.45) is -0.338. The fraction of sp³-hybridized carbons (Fsp3) is 0.294. The van der Waals surface area contributed by atoms with Crippen molar-refractivity contribution in [3.63, 3.8) is 0 Å². The van der Waals surface area contributed by atoms with Gasteiger partial charge in [-0.3, -0.25) is 0 Å². The summed E-state index contributed by atoms with van der Waals surface area (Å²) in [6.45, 7) is 0.309. The number of hydrogen-bond acceptors (Lipinski definition) is 7. The maximum Gasteiger partial charge on any atom is 0.147 e. The summed E-state index contributed by atoms with van der Waals surface area (Å²) in [7, 11) is -6.57. The largest absolute Gasteiger partial charge is 0.836 e. The second-order valence-electron chi connectivity index (χ2n) is 6.35. The first-order chi connectivity index (χ1) is 12.5. The van der Waals surface area contributed by atoms with Crippen LogP contribution >= 0.6 is 22.0 Å². The quantitative estimate of drug-likeness (QED) is 0.712. The second-order valence-corrected chi connectivity index (χ2v) is 9.63. The monoisotopic (exact) mass is 436 g/mol. The van der Waals surface area contributed by atoms with Gasteiger partial charge in [0.2, 0.25) is 0 Å². The van der Waals surface area contributed by atoms with Gasteiger partial charge in [0.25, 0.3) is 0 Å². The molecule has 0 aromatic heterocycles. The van der Waals surface area contributed by atoms with Gasteiger partial charge in [0.15, 0.2) is 0 Å². The smallest absolute Gasteiger partial charge is 0.147 e. The van der Waals surface area contributed by atoms with Crippen molar-refractivity contribution in [3.05, 3.63) is 54.1 Å². The van der Waals surface area contributed by atoms with Crippen molar-refractivity contribution < 1.29 is 31.7 Å². The van der Waals surface area contributed by atoms with Crippen molar-refractivity contribution in [3.8, 4) is 5.75 Å². The van der Waals surface area contributed by atoms with Crippen molar-refractivity contribution in [1.82, 2.24) is 5.32 Å². The Balaban J connectivity index is 0.00000280. The van der Waals surface area contributed by atoms with E-state index in [1.54, 1.807) is 7.05 Å². The van der Waals surface area contributed by atoms with E-state index in [1.165, 1.54) is 12.1 Å². The van der Waals surface area contributed by atoms with Crippen LogP contribution in [-0.4, -0.2) is 37.2 Å². The van der Waals surface area contributed by atoms with Crippen molar-refractivity contribution in [1.29, 1.82) is 0 Å². The summed E-state index contributed by atoms with van der Waals surface area (Å²) in [5.74, 6) is -2.19. The number of sulfonamides is 6. The van der Waals surface area contributed by atoms with Crippen molar-refractivity contribution >= 4 is 33.4 Å². The number of hydrogen-bond donors (Lipinski definition) is 1. The Kier molecular flexibility index (Phi) is 5.65. The van der Waals surface area contributed by atoms with Crippen LogP contribution in [0.3, 0.4) is 0 Å². The standard InChI is InChI=1S/C17H22F2N2O5S.ClH/c1-20-10-4-7-17-26-16-11-12(18)8-9-15(16)21(27(17,22,23,24)25)14-6-3-2-5-13(14)19;/h2-3,5-6,8-9,11,17,20,22-25H,4,7,10H2,1H3;1H/p-4. The Bertz CT molecular complexity index is 880. The molecule has 158 valence electrons. The summed E-state index contributed by atoms with van der Waals surface area (Å²) >= 11 is 0. The molecule has 2 aromatic rings. The zero-order valence-electron chi connectivity index (χ0n) is 14.8. The van der Waals surface area contributed by atoms with Gasteiger partial charge in [-0.15, -0.1) is 12.4 Å². The number of nitrogens with zero attached hydrogens (tertiary/aromatic N) is 1. The fourth-order valence-electron chi connectivity index (χ4n) is 3.04. The van der Waals surface area contributed by atoms with Crippen molar-refractivity contribution in [2.24, 2.45) is 0 Å². The lowest BCUT2D eigenvalue weighted by atomic mass is 10.2. The lowest BCUT2D eigenvalue weighted by Crippen LogP contribution is -2.61. The highest BCUT2D eigenvalue weighted by atomic mass is 35.5. The molecule has 3 rings (SSSR count). The Hall–Kier alpha value is -1.66. The molecule has 0 saturated carbocycles. The predicted molar refractivity (Wildman–Crippen MR) is 100 cm³/mol. The maximum absolute atomic E-state index is 14.4. The van der Waals surface area contributed by atoms with E-state index >= 15 is 0 Å². The highest BCUT2D eigenvalue weighted by molar-refractivity contribution is 8.49. The van der Waals surface area contributed by atoms with Crippen molar-refractivity contribution in [2.45, 2.75) is 18.3 Å². The van der Waals surface area contributed by atoms with E-state index in [4.69, 9.17) is 4.74 Å². The summed E-state index contributed by atoms with van der Waals surface area (Å²) in [5, 5.41) is 2.76. The molecule has 28 heavy (non-hydrogen) atoms. The molecule has 0 radical (unpaired) electrons. The van der Waals surface area contributed by atoms with Crippen LogP contribution < -0.4 is 14.4 Å². The highest BCUT2D eigenvalue weighted by Gasteiger charge is 2.40. The molecule has 1 aliphatic rings. The minimum atomic E-state index is -8.17. The molecule has 1 atom stereocenters. The molecular formula is C17H19ClF2N2O5S-4. The van der Waals surface area contributed by atoms with E-state index in [2.05, 4.69) is 5.32 Å². The van der Waals surface area contributed by atoms with Gasteiger partial charge >= 0.3 is 0 Å². The molecule has 0 aliphatic carbocycles. The van der Waals surface area contributed by atoms with Gasteiger partial charge in [-0.2, -0.15) is 0 Å². The molecule has 7 nitrogen and oxygen atoms in total. The number of rotatable bonds is 5. The van der Waals surface area contributed by atoms with Crippen LogP contribution in [-0.2, 0) is 0 Å². The predicted octanol–water partition coefficient (Wildman–Crippen LogP) is 3.56. The zero-order chi connectivity index (χ0) is 19.9. The van der Waals surface area contributed by atoms with Gasteiger partial charge < -0.3 is 42.2 Å². The van der Waals surface area contributed by atoms with E-state index in [1.807, 2.05) is 0 Å². The molecule has 2 aromatic carbocycles. The summed E-state index contributed by atoms with van der Waals surface area (Å²) in [6, 6.07) is 7.06. The first-order valence-corrected chi connectivity index (χ1v) is 10.3. The first-order valence-electron chi connectivity index (χ1n) is 8.18. The third kappa shape index (κ3) is 3.77. The average molecular weight is 437 g/mol. The summed E-state index contributed by atoms with van der Waals surface area (Å²) in [5.41, 5.74) is -3.68. The molecule has 0 saturated heterocycles. The van der Waals surface area contributed by atoms with Crippen LogP contribution in [0.1, 0.15) is 12.8 Å². The van der Waals surface area contributed by atoms with Crippen LogP contribution in [0.25, 0.3) is 0 Å². The second kappa shape index (κ2) is 6.99. The van der Waals surface area contributed by atoms with Crippen LogP contribution in [0.5, 0.6) is 5.75 Å². The molecule has 0 fully saturated rings. The number of fused-ring (bicyclic) bond motifs is 1. The Labute approximate surface area is 166 Å². The van der Waals surface area contributed by atoms with E-state index in [0.717, 1.165) is 30.3 Å². The van der Waals surface area contributed by atoms with E-state index in [0.29, 0.717) is 6.54 Å². The fourth-order valence-corrected chi connectivity index (χ4v) is 5.40. The summed E-state index contributed by atoms with van der Waals surface area (Å²) < 4.78 is 85.4. The minimum Gasteiger partial charge on any atom is -0.836 e. The SMILES string of the molecule is CNCCCC1Oc2cc(F)ccc2N(c2ccccc2F)S1([O-])([O-])([O-])[O-].Cl. The molecule has 0 bridgehead atoms. The zero-order valence-corrected chi connectivity index (χ0v) is 16.4. The molecule has 1 aliphatic heterocycles. The molecule has 11 heteroatoms. The van der Waals surface area contributed by atoms with Gasteiger partial charge in [0.1, 0.15) is 17.4 Å². The van der Waals surface area contributed by atoms with E-state index in [-0.39, 0.29) is 28.9 Å². The van der Waals surface area contributed by atoms with Gasteiger partial charge in [-0.05, 0) is 50.7 Å². The van der Waals surface area contributed by atoms with Crippen LogP contribution in [0, 0.1) is 11.6 Å².